The molecule has 0 bridgehead atoms. The maximum absolute atomic E-state index is 12.4. The number of ether oxygens (including phenoxy) is 1. The molecule has 0 spiro atoms. The zero-order chi connectivity index (χ0) is 44.1. The van der Waals surface area contributed by atoms with Gasteiger partial charge in [-0.1, -0.05) is 24.3 Å². The number of hydrogen-bond acceptors (Lipinski definition) is 20. The maximum Gasteiger partial charge on any atom is 0.396 e. The molecule has 7 rings (SSSR count). The molecule has 20 nitrogen and oxygen atoms in total. The van der Waals surface area contributed by atoms with Gasteiger partial charge in [-0.05, 0) is 84.3 Å². The van der Waals surface area contributed by atoms with Gasteiger partial charge in [0.05, 0.1) is 50.7 Å². The molecule has 1 atom stereocenters. The molecular weight excluding hydrogens is 831 g/mol. The van der Waals surface area contributed by atoms with E-state index in [9.17, 15) is 26.4 Å². The van der Waals surface area contributed by atoms with Crippen LogP contribution in [-0.4, -0.2) is 99.1 Å². The van der Waals surface area contributed by atoms with Crippen LogP contribution >= 0.6 is 0 Å². The molecule has 5 N–H and O–H groups in total. The van der Waals surface area contributed by atoms with Crippen LogP contribution in [0, 0.1) is 5.92 Å². The van der Waals surface area contributed by atoms with Crippen LogP contribution in [0.1, 0.15) is 68.8 Å². The van der Waals surface area contributed by atoms with Gasteiger partial charge in [0.2, 0.25) is 5.78 Å². The smallest absolute Gasteiger partial charge is 0.396 e. The van der Waals surface area contributed by atoms with Gasteiger partial charge in [-0.25, -0.2) is 41.6 Å². The number of esters is 1. The van der Waals surface area contributed by atoms with Crippen molar-refractivity contribution in [2.24, 2.45) is 5.92 Å². The molecule has 0 aliphatic carbocycles. The Morgan fingerprint density at radius 1 is 0.738 bits per heavy atom. The Morgan fingerprint density at radius 3 is 1.62 bits per heavy atom. The summed E-state index contributed by atoms with van der Waals surface area (Å²) in [6.45, 7) is 10.0. The van der Waals surface area contributed by atoms with Crippen LogP contribution < -0.4 is 16.8 Å². The first kappa shape index (κ1) is 44.0. The predicted octanol–water partition coefficient (Wildman–Crippen LogP) is 4.27. The summed E-state index contributed by atoms with van der Waals surface area (Å²) in [6, 6.07) is 12.6. The van der Waals surface area contributed by atoms with Crippen molar-refractivity contribution in [3.05, 3.63) is 72.7 Å². The van der Waals surface area contributed by atoms with Gasteiger partial charge in [-0.3, -0.25) is 4.79 Å². The lowest BCUT2D eigenvalue weighted by Crippen LogP contribution is -2.13. The number of nitrogens with two attached hydrogens (primary N) is 2. The number of sulfone groups is 2. The lowest BCUT2D eigenvalue weighted by atomic mass is 10.0. The molecule has 0 radical (unpaired) electrons. The normalized spacial score (nSPS) is 14.2. The Bertz CT molecular complexity index is 2750. The highest BCUT2D eigenvalue weighted by Gasteiger charge is 2.26. The van der Waals surface area contributed by atoms with Gasteiger partial charge >= 0.3 is 11.9 Å². The Morgan fingerprint density at radius 2 is 1.20 bits per heavy atom. The van der Waals surface area contributed by atoms with Gasteiger partial charge in [0.1, 0.15) is 0 Å². The fourth-order valence-electron chi connectivity index (χ4n) is 5.83. The molecule has 22 heteroatoms. The zero-order valence-electron chi connectivity index (χ0n) is 33.8. The Balaban J connectivity index is 0.000000205. The Labute approximate surface area is 350 Å². The summed E-state index contributed by atoms with van der Waals surface area (Å²) in [4.78, 5) is 41.6. The van der Waals surface area contributed by atoms with E-state index < -0.39 is 36.1 Å². The average molecular weight is 874 g/mol. The highest BCUT2D eigenvalue weighted by atomic mass is 32.2. The van der Waals surface area contributed by atoms with Crippen LogP contribution in [0.25, 0.3) is 45.7 Å². The van der Waals surface area contributed by atoms with Crippen molar-refractivity contribution in [1.29, 1.82) is 0 Å². The molecule has 0 saturated carbocycles. The molecule has 2 aromatic carbocycles. The number of rotatable bonds is 13. The molecule has 320 valence electrons. The fraction of sp³-hybridized carbons (Fsp3) is 0.333. The van der Waals surface area contributed by atoms with E-state index in [0.29, 0.717) is 28.9 Å². The third kappa shape index (κ3) is 9.93. The summed E-state index contributed by atoms with van der Waals surface area (Å²) >= 11 is 0. The number of hydrogen-bond donors (Lipinski definition) is 3. The average Bonchev–Trinajstić information content (AvgIpc) is 4.05. The van der Waals surface area contributed by atoms with Crippen molar-refractivity contribution in [2.45, 2.75) is 67.8 Å². The minimum atomic E-state index is -3.38. The van der Waals surface area contributed by atoms with Crippen molar-refractivity contribution >= 4 is 43.1 Å². The monoisotopic (exact) mass is 873 g/mol. The predicted molar refractivity (Wildman–Crippen MR) is 221 cm³/mol. The summed E-state index contributed by atoms with van der Waals surface area (Å²) in [5, 5.41) is 17.4. The summed E-state index contributed by atoms with van der Waals surface area (Å²) in [5.41, 5.74) is 14.2. The molecule has 61 heavy (non-hydrogen) atoms. The fourth-order valence-corrected chi connectivity index (χ4v) is 7.95. The minimum Gasteiger partial charge on any atom is -0.459 e. The second-order valence-electron chi connectivity index (χ2n) is 14.2. The van der Waals surface area contributed by atoms with Crippen LogP contribution in [0.3, 0.4) is 0 Å². The van der Waals surface area contributed by atoms with Gasteiger partial charge in [0.25, 0.3) is 17.7 Å². The standard InChI is InChI=1S/C21H24N6O4S.C18H19N5O5S/c1-12(2)32(29,30)15-5-3-14(4-6-15)16-11-24-19(22)18(25-16)21-27-26-20(31-21)17(28)9-13-7-8-23-10-13;1-4-27-18(24)17-23-22-16(28-17)14-15(19)20-9-13(21-14)11-5-7-12(8-6-11)29(25,26)10(2)3/h3-6,11-13,23H,7-10H2,1-2H3,(H2,22,24);5-10H,4H2,1-3H3,(H2,19,20). The van der Waals surface area contributed by atoms with Gasteiger partial charge < -0.3 is 30.4 Å². The second kappa shape index (κ2) is 18.4. The quantitative estimate of drug-likeness (QED) is 0.108. The number of carbonyl (C=O) groups is 2. The molecule has 1 aliphatic rings. The molecule has 1 saturated heterocycles. The van der Waals surface area contributed by atoms with Gasteiger partial charge in [0, 0.05) is 17.5 Å². The van der Waals surface area contributed by atoms with Crippen molar-refractivity contribution < 1.29 is 40.0 Å². The first-order chi connectivity index (χ1) is 29.0. The molecule has 1 fully saturated rings. The number of Topliss-reactive ketones (excluding diaryl/α,β-unsaturated/α-hetero) is 1. The van der Waals surface area contributed by atoms with Crippen molar-refractivity contribution in [1.82, 2.24) is 45.6 Å². The second-order valence-corrected chi connectivity index (χ2v) is 19.3. The van der Waals surface area contributed by atoms with Crippen molar-refractivity contribution in [2.75, 3.05) is 31.2 Å². The van der Waals surface area contributed by atoms with E-state index in [1.54, 1.807) is 58.9 Å². The highest BCUT2D eigenvalue weighted by molar-refractivity contribution is 7.92. The van der Waals surface area contributed by atoms with Crippen LogP contribution in [0.2, 0.25) is 0 Å². The van der Waals surface area contributed by atoms with E-state index in [4.69, 9.17) is 25.0 Å². The lowest BCUT2D eigenvalue weighted by Gasteiger charge is -2.09. The Kier molecular flexibility index (Phi) is 13.3. The van der Waals surface area contributed by atoms with E-state index >= 15 is 0 Å². The van der Waals surface area contributed by atoms with E-state index in [1.807, 2.05) is 0 Å². The number of nitrogen functional groups attached to an aromatic ring is 2. The largest absolute Gasteiger partial charge is 0.459 e. The Hall–Kier alpha value is -6.52. The molecule has 1 unspecified atom stereocenters. The zero-order valence-corrected chi connectivity index (χ0v) is 35.4. The third-order valence-electron chi connectivity index (χ3n) is 9.38. The van der Waals surface area contributed by atoms with E-state index in [1.165, 1.54) is 36.7 Å². The van der Waals surface area contributed by atoms with Crippen molar-refractivity contribution in [3.8, 4) is 45.7 Å². The third-order valence-corrected chi connectivity index (χ3v) is 13.7. The molecule has 0 amide bonds. The molecule has 6 aromatic rings. The number of nitrogens with zero attached hydrogens (tertiary/aromatic N) is 8. The number of ketones is 1. The maximum atomic E-state index is 12.4. The highest BCUT2D eigenvalue weighted by Crippen LogP contribution is 2.29. The van der Waals surface area contributed by atoms with E-state index in [-0.39, 0.29) is 74.7 Å². The van der Waals surface area contributed by atoms with E-state index in [0.717, 1.165) is 19.5 Å². The molecular formula is C39H43N11O9S2. The number of nitrogens with one attached hydrogen (secondary N) is 1. The lowest BCUT2D eigenvalue weighted by molar-refractivity contribution is 0.0481. The van der Waals surface area contributed by atoms with E-state index in [2.05, 4.69) is 45.6 Å². The SMILES string of the molecule is CC(C)S(=O)(=O)c1ccc(-c2cnc(N)c(-c3nnc(C(=O)CC4CCNC4)o3)n2)cc1.CCOC(=O)c1nnc(-c2nc(-c3ccc(S(=O)(=O)C(C)C)cc3)cnc2N)o1. The molecule has 5 heterocycles. The topological polar surface area (TPSA) is 305 Å². The number of aromatic nitrogens is 8. The summed E-state index contributed by atoms with van der Waals surface area (Å²) in [5.74, 6) is -1.09. The molecule has 4 aromatic heterocycles. The van der Waals surface area contributed by atoms with Crippen LogP contribution in [0.5, 0.6) is 0 Å². The van der Waals surface area contributed by atoms with Gasteiger partial charge in [-0.2, -0.15) is 0 Å². The first-order valence-electron chi connectivity index (χ1n) is 19.0. The van der Waals surface area contributed by atoms with Gasteiger partial charge in [-0.15, -0.1) is 20.4 Å². The summed E-state index contributed by atoms with van der Waals surface area (Å²) in [6.07, 6.45) is 4.18. The minimum absolute atomic E-state index is 0.00347. The van der Waals surface area contributed by atoms with Crippen LogP contribution in [0.15, 0.2) is 79.5 Å². The number of benzene rings is 2. The number of anilines is 2. The first-order valence-corrected chi connectivity index (χ1v) is 22.1. The summed E-state index contributed by atoms with van der Waals surface area (Å²) < 4.78 is 64.8. The van der Waals surface area contributed by atoms with Gasteiger partial charge in [0.15, 0.2) is 42.7 Å². The van der Waals surface area contributed by atoms with Crippen molar-refractivity contribution in [3.63, 3.8) is 0 Å². The summed E-state index contributed by atoms with van der Waals surface area (Å²) in [7, 11) is -6.75. The van der Waals surface area contributed by atoms with Crippen LogP contribution in [0.4, 0.5) is 11.6 Å². The number of carbonyl (C=O) groups excluding carboxylic acids is 2. The molecule has 1 aliphatic heterocycles. The van der Waals surface area contributed by atoms with Crippen LogP contribution in [-0.2, 0) is 24.4 Å².